The van der Waals surface area contributed by atoms with Crippen molar-refractivity contribution in [1.29, 1.82) is 0 Å². The van der Waals surface area contributed by atoms with E-state index in [1.54, 1.807) is 0 Å². The van der Waals surface area contributed by atoms with E-state index in [1.165, 1.54) is 6.42 Å². The first kappa shape index (κ1) is 18.2. The summed E-state index contributed by atoms with van der Waals surface area (Å²) in [6.07, 6.45) is 5.56. The summed E-state index contributed by atoms with van der Waals surface area (Å²) in [6.45, 7) is 3.61. The minimum atomic E-state index is -0.459. The molecule has 1 aliphatic rings. The number of esters is 1. The second-order valence-corrected chi connectivity index (χ2v) is 6.93. The molecule has 0 radical (unpaired) electrons. The van der Waals surface area contributed by atoms with Crippen LogP contribution in [0.1, 0.15) is 53.8 Å². The van der Waals surface area contributed by atoms with E-state index in [2.05, 4.69) is 5.32 Å². The summed E-state index contributed by atoms with van der Waals surface area (Å²) in [5.41, 5.74) is 3.26. The summed E-state index contributed by atoms with van der Waals surface area (Å²) in [7, 11) is 0. The molecule has 1 amide bonds. The first-order valence-corrected chi connectivity index (χ1v) is 9.27. The van der Waals surface area contributed by atoms with E-state index in [0.29, 0.717) is 5.56 Å². The van der Waals surface area contributed by atoms with Crippen molar-refractivity contribution >= 4 is 11.9 Å². The van der Waals surface area contributed by atoms with Crippen molar-refractivity contribution < 1.29 is 14.3 Å². The van der Waals surface area contributed by atoms with Crippen LogP contribution < -0.4 is 5.32 Å². The van der Waals surface area contributed by atoms with Gasteiger partial charge in [0.15, 0.2) is 6.61 Å². The van der Waals surface area contributed by atoms with Gasteiger partial charge in [0.2, 0.25) is 0 Å². The molecule has 138 valence electrons. The molecule has 2 aromatic rings. The molecule has 5 nitrogen and oxygen atoms in total. The number of ether oxygens (including phenoxy) is 1. The number of hydrogen-bond acceptors (Lipinski definition) is 3. The van der Waals surface area contributed by atoms with E-state index < -0.39 is 5.97 Å². The number of para-hydroxylation sites is 1. The van der Waals surface area contributed by atoms with Gasteiger partial charge >= 0.3 is 5.97 Å². The quantitative estimate of drug-likeness (QED) is 0.833. The molecule has 1 fully saturated rings. The van der Waals surface area contributed by atoms with Crippen LogP contribution in [-0.4, -0.2) is 29.1 Å². The number of hydrogen-bond donors (Lipinski definition) is 1. The van der Waals surface area contributed by atoms with E-state index in [1.807, 2.05) is 54.8 Å². The molecule has 0 saturated heterocycles. The highest BCUT2D eigenvalue weighted by atomic mass is 16.5. The van der Waals surface area contributed by atoms with Gasteiger partial charge in [0.1, 0.15) is 0 Å². The lowest BCUT2D eigenvalue weighted by Gasteiger charge is -2.22. The van der Waals surface area contributed by atoms with Crippen LogP contribution in [-0.2, 0) is 9.53 Å². The summed E-state index contributed by atoms with van der Waals surface area (Å²) in [4.78, 5) is 24.5. The first-order valence-electron chi connectivity index (χ1n) is 9.27. The molecular weight excluding hydrogens is 328 g/mol. The SMILES string of the molecule is Cc1cc(C(=O)OCC(=O)NC2CCCCC2)c(C)n1-c1ccccc1. The molecule has 1 aliphatic carbocycles. The summed E-state index contributed by atoms with van der Waals surface area (Å²) >= 11 is 0. The van der Waals surface area contributed by atoms with Crippen LogP contribution in [0.25, 0.3) is 5.69 Å². The molecule has 0 spiro atoms. The number of aromatic nitrogens is 1. The highest BCUT2D eigenvalue weighted by Crippen LogP contribution is 2.21. The molecule has 1 saturated carbocycles. The Morgan fingerprint density at radius 3 is 2.50 bits per heavy atom. The fourth-order valence-corrected chi connectivity index (χ4v) is 3.67. The van der Waals surface area contributed by atoms with Gasteiger partial charge in [0.05, 0.1) is 5.56 Å². The number of carbonyl (C=O) groups is 2. The maximum atomic E-state index is 12.4. The zero-order valence-electron chi connectivity index (χ0n) is 15.5. The summed E-state index contributed by atoms with van der Waals surface area (Å²) in [6, 6.07) is 11.9. The second-order valence-electron chi connectivity index (χ2n) is 6.93. The Kier molecular flexibility index (Phi) is 5.76. The number of nitrogens with zero attached hydrogens (tertiary/aromatic N) is 1. The molecule has 0 aliphatic heterocycles. The number of rotatable bonds is 5. The van der Waals surface area contributed by atoms with Gasteiger partial charge in [0.25, 0.3) is 5.91 Å². The highest BCUT2D eigenvalue weighted by molar-refractivity contribution is 5.93. The van der Waals surface area contributed by atoms with E-state index in [0.717, 1.165) is 42.8 Å². The molecule has 26 heavy (non-hydrogen) atoms. The summed E-state index contributed by atoms with van der Waals surface area (Å²) in [5.74, 6) is -0.679. The summed E-state index contributed by atoms with van der Waals surface area (Å²) < 4.78 is 7.26. The van der Waals surface area contributed by atoms with Crippen LogP contribution in [0.15, 0.2) is 36.4 Å². The lowest BCUT2D eigenvalue weighted by atomic mass is 9.95. The Bertz CT molecular complexity index is 774. The topological polar surface area (TPSA) is 60.3 Å². The molecule has 1 N–H and O–H groups in total. The Hall–Kier alpha value is -2.56. The largest absolute Gasteiger partial charge is 0.452 e. The number of carbonyl (C=O) groups excluding carboxylic acids is 2. The van der Waals surface area contributed by atoms with Crippen LogP contribution in [0, 0.1) is 13.8 Å². The Morgan fingerprint density at radius 1 is 1.12 bits per heavy atom. The van der Waals surface area contributed by atoms with Crippen molar-refractivity contribution in [2.75, 3.05) is 6.61 Å². The second kappa shape index (κ2) is 8.21. The Labute approximate surface area is 154 Å². The predicted octanol–water partition coefficient (Wildman–Crippen LogP) is 3.70. The van der Waals surface area contributed by atoms with E-state index in [-0.39, 0.29) is 18.6 Å². The molecule has 1 aromatic heterocycles. The zero-order valence-corrected chi connectivity index (χ0v) is 15.5. The maximum absolute atomic E-state index is 12.4. The number of amides is 1. The molecule has 0 atom stereocenters. The van der Waals surface area contributed by atoms with Gasteiger partial charge in [-0.05, 0) is 44.9 Å². The fraction of sp³-hybridized carbons (Fsp3) is 0.429. The number of benzene rings is 1. The third-order valence-electron chi connectivity index (χ3n) is 4.97. The third kappa shape index (κ3) is 4.15. The molecular formula is C21H26N2O3. The van der Waals surface area contributed by atoms with Crippen LogP contribution >= 0.6 is 0 Å². The molecule has 0 unspecified atom stereocenters. The van der Waals surface area contributed by atoms with Crippen molar-refractivity contribution in [3.63, 3.8) is 0 Å². The van der Waals surface area contributed by atoms with Gasteiger partial charge in [-0.3, -0.25) is 4.79 Å². The average molecular weight is 354 g/mol. The first-order chi connectivity index (χ1) is 12.6. The molecule has 0 bridgehead atoms. The molecule has 5 heteroatoms. The van der Waals surface area contributed by atoms with Gasteiger partial charge in [-0.25, -0.2) is 4.79 Å². The predicted molar refractivity (Wildman–Crippen MR) is 101 cm³/mol. The van der Waals surface area contributed by atoms with E-state index >= 15 is 0 Å². The lowest BCUT2D eigenvalue weighted by molar-refractivity contribution is -0.125. The van der Waals surface area contributed by atoms with Crippen molar-refractivity contribution in [2.24, 2.45) is 0 Å². The van der Waals surface area contributed by atoms with Crippen molar-refractivity contribution in [3.8, 4) is 5.69 Å². The minimum absolute atomic E-state index is 0.220. The van der Waals surface area contributed by atoms with Gasteiger partial charge in [-0.15, -0.1) is 0 Å². The summed E-state index contributed by atoms with van der Waals surface area (Å²) in [5, 5.41) is 2.96. The van der Waals surface area contributed by atoms with Gasteiger partial charge in [-0.2, -0.15) is 0 Å². The third-order valence-corrected chi connectivity index (χ3v) is 4.97. The Morgan fingerprint density at radius 2 is 1.81 bits per heavy atom. The number of aryl methyl sites for hydroxylation is 1. The zero-order chi connectivity index (χ0) is 18.5. The average Bonchev–Trinajstić information content (AvgIpc) is 2.95. The monoisotopic (exact) mass is 354 g/mol. The molecule has 1 aromatic carbocycles. The van der Waals surface area contributed by atoms with Crippen molar-refractivity contribution in [2.45, 2.75) is 52.0 Å². The van der Waals surface area contributed by atoms with Crippen molar-refractivity contribution in [3.05, 3.63) is 53.3 Å². The lowest BCUT2D eigenvalue weighted by Crippen LogP contribution is -2.38. The minimum Gasteiger partial charge on any atom is -0.452 e. The standard InChI is InChI=1S/C21H26N2O3/c1-15-13-19(16(2)23(15)18-11-7-4-8-12-18)21(25)26-14-20(24)22-17-9-5-3-6-10-17/h4,7-8,11-13,17H,3,5-6,9-10,14H2,1-2H3,(H,22,24). The van der Waals surface area contributed by atoms with E-state index in [4.69, 9.17) is 4.74 Å². The van der Waals surface area contributed by atoms with E-state index in [9.17, 15) is 9.59 Å². The number of nitrogens with one attached hydrogen (secondary N) is 1. The van der Waals surface area contributed by atoms with Crippen molar-refractivity contribution in [1.82, 2.24) is 9.88 Å². The Balaban J connectivity index is 1.62. The normalized spacial score (nSPS) is 14.8. The maximum Gasteiger partial charge on any atom is 0.340 e. The fourth-order valence-electron chi connectivity index (χ4n) is 3.67. The van der Waals surface area contributed by atoms with Crippen LogP contribution in [0.4, 0.5) is 0 Å². The highest BCUT2D eigenvalue weighted by Gasteiger charge is 2.20. The van der Waals surface area contributed by atoms with Gasteiger partial charge < -0.3 is 14.6 Å². The van der Waals surface area contributed by atoms with Gasteiger partial charge in [0, 0.05) is 23.1 Å². The van der Waals surface area contributed by atoms with Crippen LogP contribution in [0.3, 0.4) is 0 Å². The van der Waals surface area contributed by atoms with Crippen LogP contribution in [0.2, 0.25) is 0 Å². The van der Waals surface area contributed by atoms with Crippen LogP contribution in [0.5, 0.6) is 0 Å². The van der Waals surface area contributed by atoms with Gasteiger partial charge in [-0.1, -0.05) is 37.5 Å². The molecule has 3 rings (SSSR count). The smallest absolute Gasteiger partial charge is 0.340 e. The molecule has 1 heterocycles.